The summed E-state index contributed by atoms with van der Waals surface area (Å²) >= 11 is 0. The number of methoxy groups -OCH3 is 1. The summed E-state index contributed by atoms with van der Waals surface area (Å²) in [6.07, 6.45) is 0.769. The predicted molar refractivity (Wildman–Crippen MR) is 70.8 cm³/mol. The first-order valence-corrected chi connectivity index (χ1v) is 6.10. The number of ether oxygens (including phenoxy) is 1. The van der Waals surface area contributed by atoms with Gasteiger partial charge in [-0.25, -0.2) is 0 Å². The standard InChI is InChI=1S/C14H16N2O3/c1-18-9-5-8-15-14(17)12-10-13(19-16-12)11-6-3-2-4-7-11/h2-4,6-7,10H,5,8-9H2,1H3,(H,15,17). The third-order valence-electron chi connectivity index (χ3n) is 2.61. The van der Waals surface area contributed by atoms with Crippen LogP contribution in [0.3, 0.4) is 0 Å². The molecule has 1 amide bonds. The van der Waals surface area contributed by atoms with Crippen molar-refractivity contribution in [3.63, 3.8) is 0 Å². The van der Waals surface area contributed by atoms with Crippen molar-refractivity contribution in [2.24, 2.45) is 0 Å². The zero-order chi connectivity index (χ0) is 13.5. The lowest BCUT2D eigenvalue weighted by atomic mass is 10.1. The molecule has 0 radical (unpaired) electrons. The molecule has 2 rings (SSSR count). The topological polar surface area (TPSA) is 64.4 Å². The van der Waals surface area contributed by atoms with Crippen LogP contribution >= 0.6 is 0 Å². The number of nitrogens with zero attached hydrogens (tertiary/aromatic N) is 1. The Bertz CT molecular complexity index is 522. The maximum absolute atomic E-state index is 11.8. The Morgan fingerprint density at radius 1 is 1.37 bits per heavy atom. The summed E-state index contributed by atoms with van der Waals surface area (Å²) in [6, 6.07) is 11.2. The number of hydrogen-bond donors (Lipinski definition) is 1. The van der Waals surface area contributed by atoms with Gasteiger partial charge < -0.3 is 14.6 Å². The zero-order valence-corrected chi connectivity index (χ0v) is 10.8. The van der Waals surface area contributed by atoms with Crippen LogP contribution in [-0.4, -0.2) is 31.3 Å². The summed E-state index contributed by atoms with van der Waals surface area (Å²) < 4.78 is 10.1. The largest absolute Gasteiger partial charge is 0.385 e. The molecular formula is C14H16N2O3. The fourth-order valence-corrected chi connectivity index (χ4v) is 1.63. The Morgan fingerprint density at radius 3 is 2.89 bits per heavy atom. The van der Waals surface area contributed by atoms with E-state index in [9.17, 15) is 4.79 Å². The van der Waals surface area contributed by atoms with Gasteiger partial charge in [0.15, 0.2) is 11.5 Å². The second-order valence-electron chi connectivity index (χ2n) is 4.04. The van der Waals surface area contributed by atoms with E-state index in [-0.39, 0.29) is 11.6 Å². The molecule has 1 heterocycles. The Labute approximate surface area is 111 Å². The number of amides is 1. The summed E-state index contributed by atoms with van der Waals surface area (Å²) in [5.74, 6) is 0.352. The Hall–Kier alpha value is -2.14. The molecule has 0 saturated carbocycles. The van der Waals surface area contributed by atoms with Crippen molar-refractivity contribution in [2.45, 2.75) is 6.42 Å². The van der Waals surface area contributed by atoms with E-state index in [1.807, 2.05) is 30.3 Å². The van der Waals surface area contributed by atoms with Crippen LogP contribution in [0.15, 0.2) is 40.9 Å². The van der Waals surface area contributed by atoms with Gasteiger partial charge in [0.1, 0.15) is 0 Å². The van der Waals surface area contributed by atoms with Gasteiger partial charge in [-0.05, 0) is 6.42 Å². The van der Waals surface area contributed by atoms with Gasteiger partial charge in [0.05, 0.1) is 0 Å². The maximum Gasteiger partial charge on any atom is 0.273 e. The average Bonchev–Trinajstić information content (AvgIpc) is 2.94. The molecule has 0 aliphatic carbocycles. The molecule has 1 N–H and O–H groups in total. The van der Waals surface area contributed by atoms with Gasteiger partial charge in [-0.3, -0.25) is 4.79 Å². The van der Waals surface area contributed by atoms with Crippen molar-refractivity contribution in [1.29, 1.82) is 0 Å². The van der Waals surface area contributed by atoms with E-state index < -0.39 is 0 Å². The summed E-state index contributed by atoms with van der Waals surface area (Å²) in [6.45, 7) is 1.18. The van der Waals surface area contributed by atoms with Crippen molar-refractivity contribution < 1.29 is 14.1 Å². The van der Waals surface area contributed by atoms with E-state index in [2.05, 4.69) is 10.5 Å². The number of carbonyl (C=O) groups is 1. The number of benzene rings is 1. The van der Waals surface area contributed by atoms with E-state index in [1.165, 1.54) is 0 Å². The molecule has 0 spiro atoms. The molecule has 0 aliphatic heterocycles. The van der Waals surface area contributed by atoms with Crippen LogP contribution < -0.4 is 5.32 Å². The predicted octanol–water partition coefficient (Wildman–Crippen LogP) is 2.11. The Kier molecular flexibility index (Phi) is 4.69. The second-order valence-corrected chi connectivity index (χ2v) is 4.04. The number of aromatic nitrogens is 1. The lowest BCUT2D eigenvalue weighted by molar-refractivity contribution is 0.0939. The third kappa shape index (κ3) is 3.66. The molecule has 0 saturated heterocycles. The molecule has 0 bridgehead atoms. The van der Waals surface area contributed by atoms with E-state index in [0.29, 0.717) is 18.9 Å². The quantitative estimate of drug-likeness (QED) is 0.808. The summed E-state index contributed by atoms with van der Waals surface area (Å²) in [5, 5.41) is 6.53. The van der Waals surface area contributed by atoms with Gasteiger partial charge >= 0.3 is 0 Å². The first kappa shape index (κ1) is 13.3. The fourth-order valence-electron chi connectivity index (χ4n) is 1.63. The maximum atomic E-state index is 11.8. The first-order valence-electron chi connectivity index (χ1n) is 6.10. The highest BCUT2D eigenvalue weighted by atomic mass is 16.5. The van der Waals surface area contributed by atoms with Crippen LogP contribution in [0.5, 0.6) is 0 Å². The average molecular weight is 260 g/mol. The minimum atomic E-state index is -0.234. The molecular weight excluding hydrogens is 244 g/mol. The van der Waals surface area contributed by atoms with Gasteiger partial charge in [-0.2, -0.15) is 0 Å². The SMILES string of the molecule is COCCCNC(=O)c1cc(-c2ccccc2)on1. The van der Waals surface area contributed by atoms with Crippen molar-refractivity contribution in [1.82, 2.24) is 10.5 Å². The van der Waals surface area contributed by atoms with Gasteiger partial charge in [-0.15, -0.1) is 0 Å². The molecule has 5 nitrogen and oxygen atoms in total. The Balaban J connectivity index is 1.95. The van der Waals surface area contributed by atoms with E-state index in [1.54, 1.807) is 13.2 Å². The molecule has 0 fully saturated rings. The normalized spacial score (nSPS) is 10.4. The summed E-state index contributed by atoms with van der Waals surface area (Å²) in [5.41, 5.74) is 1.18. The van der Waals surface area contributed by atoms with Crippen LogP contribution in [0.2, 0.25) is 0 Å². The number of nitrogens with one attached hydrogen (secondary N) is 1. The monoisotopic (exact) mass is 260 g/mol. The van der Waals surface area contributed by atoms with Crippen LogP contribution in [0.1, 0.15) is 16.9 Å². The number of hydrogen-bond acceptors (Lipinski definition) is 4. The number of carbonyl (C=O) groups excluding carboxylic acids is 1. The van der Waals surface area contributed by atoms with Crippen LogP contribution in [0.4, 0.5) is 0 Å². The fraction of sp³-hybridized carbons (Fsp3) is 0.286. The lowest BCUT2D eigenvalue weighted by Gasteiger charge is -2.01. The molecule has 5 heteroatoms. The highest BCUT2D eigenvalue weighted by Gasteiger charge is 2.12. The molecule has 0 unspecified atom stereocenters. The molecule has 100 valence electrons. The van der Waals surface area contributed by atoms with Crippen LogP contribution in [-0.2, 0) is 4.74 Å². The van der Waals surface area contributed by atoms with Gasteiger partial charge in [0.25, 0.3) is 5.91 Å². The minimum absolute atomic E-state index is 0.234. The molecule has 19 heavy (non-hydrogen) atoms. The van der Waals surface area contributed by atoms with Crippen molar-refractivity contribution in [3.8, 4) is 11.3 Å². The Morgan fingerprint density at radius 2 is 2.16 bits per heavy atom. The molecule has 0 aliphatic rings. The van der Waals surface area contributed by atoms with E-state index >= 15 is 0 Å². The molecule has 1 aromatic heterocycles. The van der Waals surface area contributed by atoms with Crippen molar-refractivity contribution >= 4 is 5.91 Å². The molecule has 2 aromatic rings. The number of rotatable bonds is 6. The van der Waals surface area contributed by atoms with Crippen LogP contribution in [0.25, 0.3) is 11.3 Å². The van der Waals surface area contributed by atoms with Gasteiger partial charge in [0, 0.05) is 31.9 Å². The van der Waals surface area contributed by atoms with Gasteiger partial charge in [-0.1, -0.05) is 35.5 Å². The summed E-state index contributed by atoms with van der Waals surface area (Å²) in [7, 11) is 1.63. The highest BCUT2D eigenvalue weighted by Crippen LogP contribution is 2.19. The van der Waals surface area contributed by atoms with Gasteiger partial charge in [0.2, 0.25) is 0 Å². The highest BCUT2D eigenvalue weighted by molar-refractivity contribution is 5.93. The van der Waals surface area contributed by atoms with E-state index in [0.717, 1.165) is 12.0 Å². The molecule has 0 atom stereocenters. The zero-order valence-electron chi connectivity index (χ0n) is 10.8. The molecule has 1 aromatic carbocycles. The van der Waals surface area contributed by atoms with Crippen LogP contribution in [0, 0.1) is 0 Å². The van der Waals surface area contributed by atoms with Crippen molar-refractivity contribution in [3.05, 3.63) is 42.1 Å². The second kappa shape index (κ2) is 6.70. The first-order chi connectivity index (χ1) is 9.31. The third-order valence-corrected chi connectivity index (χ3v) is 2.61. The minimum Gasteiger partial charge on any atom is -0.385 e. The summed E-state index contributed by atoms with van der Waals surface area (Å²) in [4.78, 5) is 11.8. The van der Waals surface area contributed by atoms with Crippen molar-refractivity contribution in [2.75, 3.05) is 20.3 Å². The smallest absolute Gasteiger partial charge is 0.273 e. The lowest BCUT2D eigenvalue weighted by Crippen LogP contribution is -2.25. The van der Waals surface area contributed by atoms with E-state index in [4.69, 9.17) is 9.26 Å².